The summed E-state index contributed by atoms with van der Waals surface area (Å²) >= 11 is 6.56. The number of hydrogen-bond acceptors (Lipinski definition) is 6. The number of carbonyl (C=O) groups is 2. The van der Waals surface area contributed by atoms with Crippen molar-refractivity contribution in [1.29, 1.82) is 0 Å². The van der Waals surface area contributed by atoms with E-state index in [1.807, 2.05) is 31.2 Å². The fraction of sp³-hybridized carbons (Fsp3) is 0.280. The lowest BCUT2D eigenvalue weighted by Gasteiger charge is -2.30. The quantitative estimate of drug-likeness (QED) is 0.431. The van der Waals surface area contributed by atoms with Crippen LogP contribution in [-0.4, -0.2) is 34.2 Å². The van der Waals surface area contributed by atoms with Gasteiger partial charge in [-0.2, -0.15) is 4.68 Å². The smallest absolute Gasteiger partial charge is 0.440 e. The second-order valence-corrected chi connectivity index (χ2v) is 8.02. The first kappa shape index (κ1) is 22.7. The van der Waals surface area contributed by atoms with E-state index < -0.39 is 17.9 Å². The number of aromatic nitrogens is 2. The number of esters is 1. The lowest BCUT2D eigenvalue weighted by atomic mass is 9.76. The van der Waals surface area contributed by atoms with Crippen molar-refractivity contribution in [3.63, 3.8) is 0 Å². The molecule has 2 atom stereocenters. The van der Waals surface area contributed by atoms with Crippen LogP contribution in [-0.2, 0) is 9.53 Å². The van der Waals surface area contributed by atoms with Gasteiger partial charge in [0.05, 0.1) is 6.61 Å². The molecule has 0 bridgehead atoms. The third kappa shape index (κ3) is 4.68. The highest BCUT2D eigenvalue weighted by molar-refractivity contribution is 6.31. The molecule has 0 fully saturated rings. The van der Waals surface area contributed by atoms with Crippen LogP contribution in [0.15, 0.2) is 65.8 Å². The van der Waals surface area contributed by atoms with Crippen molar-refractivity contribution in [1.82, 2.24) is 9.78 Å². The number of halogens is 1. The van der Waals surface area contributed by atoms with Gasteiger partial charge in [-0.3, -0.25) is 4.79 Å². The van der Waals surface area contributed by atoms with E-state index in [0.29, 0.717) is 34.3 Å². The molecule has 33 heavy (non-hydrogen) atoms. The monoisotopic (exact) mass is 465 g/mol. The molecule has 2 heterocycles. The average Bonchev–Trinajstić information content (AvgIpc) is 3.24. The van der Waals surface area contributed by atoms with Gasteiger partial charge in [0, 0.05) is 28.4 Å². The minimum Gasteiger partial charge on any atom is -0.465 e. The Kier molecular flexibility index (Phi) is 6.89. The Morgan fingerprint density at radius 2 is 1.76 bits per heavy atom. The summed E-state index contributed by atoms with van der Waals surface area (Å²) in [5, 5.41) is 4.90. The zero-order valence-electron chi connectivity index (χ0n) is 18.4. The lowest BCUT2D eigenvalue weighted by Crippen LogP contribution is -2.34. The van der Waals surface area contributed by atoms with Crippen molar-refractivity contribution in [2.45, 2.75) is 32.6 Å². The van der Waals surface area contributed by atoms with Gasteiger partial charge in [-0.05, 0) is 37.1 Å². The number of carbonyl (C=O) groups excluding carboxylic acids is 2. The molecule has 0 spiro atoms. The number of aliphatic imine (C=N–C) groups is 1. The molecule has 170 valence electrons. The van der Waals surface area contributed by atoms with Crippen LogP contribution in [0, 0.1) is 5.92 Å². The van der Waals surface area contributed by atoms with E-state index in [1.54, 1.807) is 43.5 Å². The molecule has 1 aliphatic heterocycles. The van der Waals surface area contributed by atoms with Crippen molar-refractivity contribution in [2.75, 3.05) is 6.61 Å². The van der Waals surface area contributed by atoms with Crippen LogP contribution in [0.5, 0.6) is 5.75 Å². The van der Waals surface area contributed by atoms with Crippen molar-refractivity contribution in [3.05, 3.63) is 76.9 Å². The second-order valence-electron chi connectivity index (χ2n) is 7.62. The topological polar surface area (TPSA) is 82.8 Å². The van der Waals surface area contributed by atoms with E-state index in [9.17, 15) is 9.59 Å². The van der Waals surface area contributed by atoms with E-state index in [1.165, 1.54) is 0 Å². The largest absolute Gasteiger partial charge is 0.465 e. The maximum Gasteiger partial charge on any atom is 0.440 e. The third-order valence-electron chi connectivity index (χ3n) is 5.42. The summed E-state index contributed by atoms with van der Waals surface area (Å²) in [7, 11) is 0. The Balaban J connectivity index is 1.81. The second kappa shape index (κ2) is 10.0. The summed E-state index contributed by atoms with van der Waals surface area (Å²) in [6, 6.07) is 16.1. The van der Waals surface area contributed by atoms with Gasteiger partial charge in [0.1, 0.15) is 11.7 Å². The van der Waals surface area contributed by atoms with Gasteiger partial charge >= 0.3 is 12.1 Å². The highest BCUT2D eigenvalue weighted by atomic mass is 35.5. The molecule has 7 nitrogen and oxygen atoms in total. The molecule has 0 aliphatic carbocycles. The zero-order chi connectivity index (χ0) is 23.4. The Bertz CT molecular complexity index is 1190. The summed E-state index contributed by atoms with van der Waals surface area (Å²) in [6.45, 7) is 4.03. The van der Waals surface area contributed by atoms with Crippen LogP contribution in [0.3, 0.4) is 0 Å². The first-order chi connectivity index (χ1) is 16.0. The van der Waals surface area contributed by atoms with E-state index in [0.717, 1.165) is 16.7 Å². The summed E-state index contributed by atoms with van der Waals surface area (Å²) in [6.07, 6.45) is 2.27. The Labute approximate surface area is 197 Å². The van der Waals surface area contributed by atoms with Gasteiger partial charge in [0.2, 0.25) is 0 Å². The Morgan fingerprint density at radius 1 is 1.03 bits per heavy atom. The third-order valence-corrected chi connectivity index (χ3v) is 5.77. The highest BCUT2D eigenvalue weighted by Gasteiger charge is 2.42. The van der Waals surface area contributed by atoms with Crippen molar-refractivity contribution < 1.29 is 19.1 Å². The first-order valence-corrected chi connectivity index (χ1v) is 11.3. The average molecular weight is 466 g/mol. The molecule has 1 aliphatic rings. The molecule has 0 N–H and O–H groups in total. The van der Waals surface area contributed by atoms with Crippen LogP contribution >= 0.6 is 11.6 Å². The summed E-state index contributed by atoms with van der Waals surface area (Å²) < 4.78 is 12.0. The number of benzene rings is 2. The van der Waals surface area contributed by atoms with Gasteiger partial charge in [0.15, 0.2) is 5.82 Å². The van der Waals surface area contributed by atoms with Gasteiger partial charge in [-0.1, -0.05) is 61.3 Å². The van der Waals surface area contributed by atoms with E-state index in [-0.39, 0.29) is 12.6 Å². The molecular weight excluding hydrogens is 442 g/mol. The summed E-state index contributed by atoms with van der Waals surface area (Å²) in [5.74, 6) is -0.767. The number of ether oxygens (including phenoxy) is 2. The predicted octanol–water partition coefficient (Wildman–Crippen LogP) is 5.78. The predicted molar refractivity (Wildman–Crippen MR) is 126 cm³/mol. The van der Waals surface area contributed by atoms with E-state index in [2.05, 4.69) is 10.1 Å². The molecular formula is C25H24ClN3O4. The highest BCUT2D eigenvalue weighted by Crippen LogP contribution is 2.45. The number of rotatable bonds is 6. The van der Waals surface area contributed by atoms with Crippen LogP contribution in [0.1, 0.15) is 43.7 Å². The molecule has 0 amide bonds. The van der Waals surface area contributed by atoms with Crippen molar-refractivity contribution in [2.24, 2.45) is 10.9 Å². The molecule has 1 aromatic heterocycles. The minimum absolute atomic E-state index is 0.250. The number of nitrogens with zero attached hydrogens (tertiary/aromatic N) is 3. The molecule has 4 rings (SSSR count). The van der Waals surface area contributed by atoms with Crippen LogP contribution in [0.25, 0.3) is 0 Å². The molecule has 8 heteroatoms. The lowest BCUT2D eigenvalue weighted by molar-refractivity contribution is -0.146. The summed E-state index contributed by atoms with van der Waals surface area (Å²) in [5.41, 5.74) is 2.03. The Morgan fingerprint density at radius 3 is 2.45 bits per heavy atom. The van der Waals surface area contributed by atoms with Gasteiger partial charge in [-0.25, -0.2) is 9.79 Å². The van der Waals surface area contributed by atoms with Gasteiger partial charge in [-0.15, -0.1) is 5.10 Å². The fourth-order valence-electron chi connectivity index (χ4n) is 4.04. The van der Waals surface area contributed by atoms with Crippen LogP contribution < -0.4 is 4.74 Å². The molecule has 3 aromatic rings. The molecule has 2 unspecified atom stereocenters. The standard InChI is InChI=1S/C25H24ClN3O4/c1-3-10-20-22(24(30)32-4-2)21(17-13-8-9-14-19(17)26)18-15-29(28-23(18)27-20)25(31)33-16-11-6-5-7-12-16/h5-9,11-15,21-22H,3-4,10H2,1-2H3. The summed E-state index contributed by atoms with van der Waals surface area (Å²) in [4.78, 5) is 30.6. The van der Waals surface area contributed by atoms with Gasteiger partial charge in [0.25, 0.3) is 0 Å². The number of para-hydroxylation sites is 1. The maximum atomic E-state index is 13.1. The number of hydrogen-bond donors (Lipinski definition) is 0. The SMILES string of the molecule is CCCC1=Nc2nn(C(=O)Oc3ccccc3)cc2C(c2ccccc2Cl)C1C(=O)OCC. The zero-order valence-corrected chi connectivity index (χ0v) is 19.2. The van der Waals surface area contributed by atoms with Crippen molar-refractivity contribution >= 4 is 35.2 Å². The van der Waals surface area contributed by atoms with Crippen molar-refractivity contribution in [3.8, 4) is 5.75 Å². The normalized spacial score (nSPS) is 17.1. The molecule has 0 saturated heterocycles. The first-order valence-electron chi connectivity index (χ1n) is 10.9. The Hall–Kier alpha value is -3.45. The fourth-order valence-corrected chi connectivity index (χ4v) is 4.29. The molecule has 0 saturated carbocycles. The van der Waals surface area contributed by atoms with Crippen LogP contribution in [0.2, 0.25) is 5.02 Å². The number of fused-ring (bicyclic) bond motifs is 1. The van der Waals surface area contributed by atoms with Crippen LogP contribution in [0.4, 0.5) is 10.6 Å². The van der Waals surface area contributed by atoms with E-state index >= 15 is 0 Å². The molecule has 2 aromatic carbocycles. The minimum atomic E-state index is -0.673. The van der Waals surface area contributed by atoms with Gasteiger partial charge < -0.3 is 9.47 Å². The maximum absolute atomic E-state index is 13.1. The van der Waals surface area contributed by atoms with E-state index in [4.69, 9.17) is 21.1 Å². The molecule has 0 radical (unpaired) electrons.